The van der Waals surface area contributed by atoms with Crippen LogP contribution in [0.1, 0.15) is 59.7 Å². The van der Waals surface area contributed by atoms with Gasteiger partial charge in [0.2, 0.25) is 17.8 Å². The van der Waals surface area contributed by atoms with Gasteiger partial charge in [0.1, 0.15) is 11.4 Å². The first-order chi connectivity index (χ1) is 21.7. The summed E-state index contributed by atoms with van der Waals surface area (Å²) < 4.78 is 0. The number of para-hydroxylation sites is 2. The van der Waals surface area contributed by atoms with Crippen molar-refractivity contribution in [2.24, 2.45) is 5.73 Å². The fraction of sp³-hybridized carbons (Fsp3) is 0.364. The minimum atomic E-state index is -0.503. The van der Waals surface area contributed by atoms with Crippen LogP contribution in [-0.4, -0.2) is 71.9 Å². The van der Waals surface area contributed by atoms with Crippen LogP contribution in [0.15, 0.2) is 66.9 Å². The summed E-state index contributed by atoms with van der Waals surface area (Å²) in [4.78, 5) is 48.2. The van der Waals surface area contributed by atoms with Crippen LogP contribution in [0.4, 0.5) is 28.8 Å². The Morgan fingerprint density at radius 1 is 1.02 bits per heavy atom. The number of hydrogen-bond donors (Lipinski definition) is 6. The number of rotatable bonds is 14. The Labute approximate surface area is 264 Å². The molecule has 4 rings (SSSR count). The number of likely N-dealkylation sites (N-methyl/N-ethyl adjacent to an activating group) is 1. The zero-order valence-electron chi connectivity index (χ0n) is 26.1. The van der Waals surface area contributed by atoms with Crippen molar-refractivity contribution in [3.05, 3.63) is 78.0 Å². The molecule has 1 aliphatic carbocycles. The summed E-state index contributed by atoms with van der Waals surface area (Å²) >= 11 is 0. The summed E-state index contributed by atoms with van der Waals surface area (Å²) in [5, 5.41) is 16.1. The molecule has 7 N–H and O–H groups in total. The Kier molecular flexibility index (Phi) is 11.9. The van der Waals surface area contributed by atoms with Gasteiger partial charge in [-0.2, -0.15) is 4.98 Å². The van der Waals surface area contributed by atoms with Gasteiger partial charge in [-0.05, 0) is 82.6 Å². The normalized spacial score (nSPS) is 16.3. The van der Waals surface area contributed by atoms with Crippen molar-refractivity contribution >= 4 is 46.5 Å². The maximum atomic E-state index is 13.5. The minimum absolute atomic E-state index is 0.0416. The van der Waals surface area contributed by atoms with Crippen molar-refractivity contribution in [2.75, 3.05) is 48.5 Å². The van der Waals surface area contributed by atoms with E-state index < -0.39 is 5.91 Å². The Morgan fingerprint density at radius 2 is 1.76 bits per heavy atom. The fourth-order valence-corrected chi connectivity index (χ4v) is 5.03. The van der Waals surface area contributed by atoms with E-state index >= 15 is 0 Å². The summed E-state index contributed by atoms with van der Waals surface area (Å²) in [6.07, 6.45) is 9.22. The van der Waals surface area contributed by atoms with Crippen molar-refractivity contribution in [1.29, 1.82) is 0 Å². The number of hydrogen-bond acceptors (Lipinski definition) is 9. The van der Waals surface area contributed by atoms with Gasteiger partial charge in [-0.25, -0.2) is 4.98 Å². The van der Waals surface area contributed by atoms with Crippen molar-refractivity contribution in [3.8, 4) is 0 Å². The van der Waals surface area contributed by atoms with Crippen LogP contribution in [0.25, 0.3) is 0 Å². The van der Waals surface area contributed by atoms with E-state index in [2.05, 4.69) is 36.6 Å². The van der Waals surface area contributed by atoms with Crippen LogP contribution < -0.4 is 32.3 Å². The molecule has 1 fully saturated rings. The summed E-state index contributed by atoms with van der Waals surface area (Å²) in [5.74, 6) is -0.171. The Balaban J connectivity index is 1.39. The molecule has 0 spiro atoms. The molecule has 2 aromatic carbocycles. The lowest BCUT2D eigenvalue weighted by Gasteiger charge is -2.31. The number of amides is 3. The van der Waals surface area contributed by atoms with Crippen molar-refractivity contribution < 1.29 is 14.4 Å². The van der Waals surface area contributed by atoms with E-state index in [1.54, 1.807) is 30.3 Å². The van der Waals surface area contributed by atoms with Gasteiger partial charge in [0.05, 0.1) is 11.4 Å². The summed E-state index contributed by atoms with van der Waals surface area (Å²) in [6.45, 7) is 3.36. The molecule has 3 amide bonds. The van der Waals surface area contributed by atoms with Gasteiger partial charge in [-0.15, -0.1) is 0 Å². The molecule has 3 aromatic rings. The van der Waals surface area contributed by atoms with Crippen LogP contribution in [0, 0.1) is 0 Å². The summed E-state index contributed by atoms with van der Waals surface area (Å²) in [6, 6.07) is 14.4. The fourth-order valence-electron chi connectivity index (χ4n) is 5.03. The molecule has 1 heterocycles. The van der Waals surface area contributed by atoms with Crippen LogP contribution in [-0.2, 0) is 4.79 Å². The molecule has 2 atom stereocenters. The minimum Gasteiger partial charge on any atom is -0.381 e. The van der Waals surface area contributed by atoms with Crippen LogP contribution in [0.2, 0.25) is 0 Å². The van der Waals surface area contributed by atoms with Gasteiger partial charge < -0.3 is 37.2 Å². The van der Waals surface area contributed by atoms with E-state index in [4.69, 9.17) is 5.73 Å². The molecule has 1 saturated carbocycles. The lowest BCUT2D eigenvalue weighted by Crippen LogP contribution is -2.42. The zero-order chi connectivity index (χ0) is 32.2. The molecule has 45 heavy (non-hydrogen) atoms. The smallest absolute Gasteiger partial charge is 0.256 e. The third-order valence-electron chi connectivity index (χ3n) is 7.30. The molecule has 0 bridgehead atoms. The van der Waals surface area contributed by atoms with E-state index in [0.717, 1.165) is 37.8 Å². The summed E-state index contributed by atoms with van der Waals surface area (Å²) in [5.41, 5.74) is 8.33. The first-order valence-electron chi connectivity index (χ1n) is 15.3. The van der Waals surface area contributed by atoms with Crippen LogP contribution in [0.5, 0.6) is 0 Å². The molecule has 1 aliphatic rings. The highest BCUT2D eigenvalue weighted by Crippen LogP contribution is 2.28. The molecule has 0 radical (unpaired) electrons. The topological polar surface area (TPSA) is 166 Å². The number of carbonyl (C=O) groups is 3. The van der Waals surface area contributed by atoms with Gasteiger partial charge in [-0.1, -0.05) is 25.1 Å². The third-order valence-corrected chi connectivity index (χ3v) is 7.30. The van der Waals surface area contributed by atoms with Gasteiger partial charge in [-0.3, -0.25) is 14.4 Å². The van der Waals surface area contributed by atoms with Crippen molar-refractivity contribution in [2.45, 2.75) is 51.1 Å². The Morgan fingerprint density at radius 3 is 2.47 bits per heavy atom. The lowest BCUT2D eigenvalue weighted by atomic mass is 9.90. The predicted octanol–water partition coefficient (Wildman–Crippen LogP) is 4.35. The van der Waals surface area contributed by atoms with E-state index in [0.29, 0.717) is 47.4 Å². The van der Waals surface area contributed by atoms with Crippen LogP contribution in [0.3, 0.4) is 0 Å². The molecule has 0 aliphatic heterocycles. The molecule has 12 heteroatoms. The number of aromatic nitrogens is 2. The third kappa shape index (κ3) is 10.0. The van der Waals surface area contributed by atoms with E-state index in [1.165, 1.54) is 6.20 Å². The Hall–Kier alpha value is -4.97. The maximum absolute atomic E-state index is 13.5. The second kappa shape index (κ2) is 16.2. The quantitative estimate of drug-likeness (QED) is 0.145. The molecular weight excluding hydrogens is 570 g/mol. The number of benzene rings is 2. The number of nitrogens with two attached hydrogens (primary N) is 1. The molecule has 2 unspecified atom stereocenters. The zero-order valence-corrected chi connectivity index (χ0v) is 26.1. The predicted molar refractivity (Wildman–Crippen MR) is 179 cm³/mol. The molecule has 0 saturated heterocycles. The van der Waals surface area contributed by atoms with Crippen LogP contribution >= 0.6 is 0 Å². The SMILES string of the molecule is CCCNc1nc(Nc2ccc(C(N)=O)cc2)ncc1C(=O)NC1CCCC(Nc2ccccc2NC(=O)/C=C/CN(C)C)C1. The standard InChI is InChI=1S/C33H43N9O3/c1-4-18-35-31-26(21-36-33(41-31)39-23-16-14-22(15-17-23)30(34)44)32(45)38-25-10-7-9-24(20-25)37-27-11-5-6-12-28(27)40-29(43)13-8-19-42(2)3/h5-6,8,11-17,21,24-25,37H,4,7,9-10,18-20H2,1-3H3,(H2,34,44)(H,38,45)(H,40,43)(H2,35,36,39,41)/b13-8+. The summed E-state index contributed by atoms with van der Waals surface area (Å²) in [7, 11) is 3.89. The molecule has 12 nitrogen and oxygen atoms in total. The number of nitrogens with one attached hydrogen (secondary N) is 5. The molecule has 1 aromatic heterocycles. The molecular formula is C33H43N9O3. The average Bonchev–Trinajstić information content (AvgIpc) is 3.01. The number of carbonyl (C=O) groups excluding carboxylic acids is 3. The maximum Gasteiger partial charge on any atom is 0.256 e. The lowest BCUT2D eigenvalue weighted by molar-refractivity contribution is -0.111. The monoisotopic (exact) mass is 613 g/mol. The highest BCUT2D eigenvalue weighted by atomic mass is 16.2. The van der Waals surface area contributed by atoms with E-state index in [9.17, 15) is 14.4 Å². The average molecular weight is 614 g/mol. The largest absolute Gasteiger partial charge is 0.381 e. The second-order valence-corrected chi connectivity index (χ2v) is 11.3. The number of nitrogens with zero attached hydrogens (tertiary/aromatic N) is 3. The highest BCUT2D eigenvalue weighted by molar-refractivity contribution is 6.01. The second-order valence-electron chi connectivity index (χ2n) is 11.3. The van der Waals surface area contributed by atoms with Gasteiger partial charge in [0, 0.05) is 48.7 Å². The van der Waals surface area contributed by atoms with E-state index in [1.807, 2.05) is 56.3 Å². The first-order valence-corrected chi connectivity index (χ1v) is 15.3. The number of primary amides is 1. The Bertz CT molecular complexity index is 1490. The van der Waals surface area contributed by atoms with Gasteiger partial charge in [0.25, 0.3) is 5.91 Å². The van der Waals surface area contributed by atoms with E-state index in [-0.39, 0.29) is 23.9 Å². The van der Waals surface area contributed by atoms with Gasteiger partial charge >= 0.3 is 0 Å². The highest BCUT2D eigenvalue weighted by Gasteiger charge is 2.26. The van der Waals surface area contributed by atoms with Gasteiger partial charge in [0.15, 0.2) is 0 Å². The van der Waals surface area contributed by atoms with Crippen molar-refractivity contribution in [1.82, 2.24) is 20.2 Å². The molecule has 238 valence electrons. The number of anilines is 5. The first kappa shape index (κ1) is 32.9. The van der Waals surface area contributed by atoms with Crippen molar-refractivity contribution in [3.63, 3.8) is 0 Å².